The lowest BCUT2D eigenvalue weighted by atomic mass is 10.0. The number of hydrogen-bond acceptors (Lipinski definition) is 5. The van der Waals surface area contributed by atoms with Crippen molar-refractivity contribution in [2.24, 2.45) is 0 Å². The van der Waals surface area contributed by atoms with Crippen molar-refractivity contribution in [2.45, 2.75) is 20.5 Å². The van der Waals surface area contributed by atoms with Gasteiger partial charge in [-0.1, -0.05) is 0 Å². The summed E-state index contributed by atoms with van der Waals surface area (Å²) in [5.41, 5.74) is 2.09. The summed E-state index contributed by atoms with van der Waals surface area (Å²) in [7, 11) is 0. The number of rotatable bonds is 4. The Balaban J connectivity index is 1.95. The fraction of sp³-hybridized carbons (Fsp3) is 0.167. The van der Waals surface area contributed by atoms with Crippen LogP contribution in [-0.2, 0) is 6.61 Å². The molecule has 1 aromatic heterocycles. The number of halogens is 1. The highest BCUT2D eigenvalue weighted by molar-refractivity contribution is 5.81. The van der Waals surface area contributed by atoms with Crippen molar-refractivity contribution in [1.29, 1.82) is 0 Å². The highest BCUT2D eigenvalue weighted by Crippen LogP contribution is 2.26. The number of ether oxygens (including phenoxy) is 1. The molecule has 1 heterocycles. The maximum absolute atomic E-state index is 13.9. The van der Waals surface area contributed by atoms with Crippen LogP contribution in [0.25, 0.3) is 11.0 Å². The van der Waals surface area contributed by atoms with Crippen molar-refractivity contribution in [3.05, 3.63) is 79.4 Å². The first-order chi connectivity index (χ1) is 11.8. The van der Waals surface area contributed by atoms with Crippen LogP contribution in [0.15, 0.2) is 45.6 Å². The predicted molar refractivity (Wildman–Crippen MR) is 89.3 cm³/mol. The maximum Gasteiger partial charge on any atom is 0.336 e. The fourth-order valence-electron chi connectivity index (χ4n) is 2.48. The highest BCUT2D eigenvalue weighted by atomic mass is 19.1. The number of nitro benzene ring substituents is 1. The number of nitro groups is 1. The standard InChI is InChI=1S/C18H14FNO5/c1-10-5-14-12(7-18(21)25-17(14)6-11(10)2)9-24-16-4-3-13(20(22)23)8-15(16)19/h3-8H,9H2,1-2H3. The lowest BCUT2D eigenvalue weighted by molar-refractivity contribution is -0.385. The number of benzene rings is 2. The molecule has 3 aromatic rings. The van der Waals surface area contributed by atoms with Crippen molar-refractivity contribution in [3.8, 4) is 5.75 Å². The van der Waals surface area contributed by atoms with Crippen LogP contribution in [0, 0.1) is 29.8 Å². The van der Waals surface area contributed by atoms with Gasteiger partial charge in [0.2, 0.25) is 0 Å². The molecule has 6 nitrogen and oxygen atoms in total. The molecule has 3 rings (SSSR count). The topological polar surface area (TPSA) is 82.6 Å². The smallest absolute Gasteiger partial charge is 0.336 e. The van der Waals surface area contributed by atoms with Gasteiger partial charge in [0.25, 0.3) is 5.69 Å². The molecular formula is C18H14FNO5. The minimum atomic E-state index is -0.839. The second-order valence-electron chi connectivity index (χ2n) is 5.68. The number of nitrogens with zero attached hydrogens (tertiary/aromatic N) is 1. The van der Waals surface area contributed by atoms with E-state index >= 15 is 0 Å². The third-order valence-electron chi connectivity index (χ3n) is 3.95. The molecule has 25 heavy (non-hydrogen) atoms. The number of non-ortho nitro benzene ring substituents is 1. The summed E-state index contributed by atoms with van der Waals surface area (Å²) in [5, 5.41) is 11.3. The van der Waals surface area contributed by atoms with E-state index in [-0.39, 0.29) is 18.0 Å². The van der Waals surface area contributed by atoms with Gasteiger partial charge in [0, 0.05) is 23.1 Å². The van der Waals surface area contributed by atoms with Gasteiger partial charge in [-0.3, -0.25) is 10.1 Å². The molecule has 0 radical (unpaired) electrons. The van der Waals surface area contributed by atoms with Gasteiger partial charge in [-0.15, -0.1) is 0 Å². The van der Waals surface area contributed by atoms with Crippen molar-refractivity contribution in [3.63, 3.8) is 0 Å². The van der Waals surface area contributed by atoms with E-state index in [1.54, 1.807) is 6.07 Å². The summed E-state index contributed by atoms with van der Waals surface area (Å²) in [6.45, 7) is 3.77. The van der Waals surface area contributed by atoms with Crippen LogP contribution in [-0.4, -0.2) is 4.92 Å². The SMILES string of the molecule is Cc1cc2oc(=O)cc(COc3ccc([N+](=O)[O-])cc3F)c2cc1C. The molecule has 0 amide bonds. The summed E-state index contributed by atoms with van der Waals surface area (Å²) in [5.74, 6) is -0.968. The highest BCUT2D eigenvalue weighted by Gasteiger charge is 2.13. The van der Waals surface area contributed by atoms with Gasteiger partial charge in [0.1, 0.15) is 12.2 Å². The molecule has 0 aliphatic rings. The zero-order chi connectivity index (χ0) is 18.1. The summed E-state index contributed by atoms with van der Waals surface area (Å²) in [6, 6.07) is 8.07. The number of hydrogen-bond donors (Lipinski definition) is 0. The van der Waals surface area contributed by atoms with Crippen LogP contribution in [0.3, 0.4) is 0 Å². The van der Waals surface area contributed by atoms with E-state index in [9.17, 15) is 19.3 Å². The van der Waals surface area contributed by atoms with E-state index in [4.69, 9.17) is 9.15 Å². The van der Waals surface area contributed by atoms with Gasteiger partial charge in [0.15, 0.2) is 11.6 Å². The Morgan fingerprint density at radius 1 is 1.16 bits per heavy atom. The third kappa shape index (κ3) is 3.35. The molecule has 0 aliphatic heterocycles. The van der Waals surface area contributed by atoms with Crippen LogP contribution in [0.2, 0.25) is 0 Å². The zero-order valence-corrected chi connectivity index (χ0v) is 13.5. The Morgan fingerprint density at radius 3 is 2.56 bits per heavy atom. The van der Waals surface area contributed by atoms with E-state index in [1.165, 1.54) is 12.1 Å². The molecule has 0 fully saturated rings. The van der Waals surface area contributed by atoms with Gasteiger partial charge in [-0.25, -0.2) is 9.18 Å². The molecule has 0 saturated carbocycles. The van der Waals surface area contributed by atoms with Gasteiger partial charge < -0.3 is 9.15 Å². The van der Waals surface area contributed by atoms with Gasteiger partial charge >= 0.3 is 5.63 Å². The fourth-order valence-corrected chi connectivity index (χ4v) is 2.48. The molecular weight excluding hydrogens is 329 g/mol. The van der Waals surface area contributed by atoms with Crippen LogP contribution in [0.5, 0.6) is 5.75 Å². The van der Waals surface area contributed by atoms with Crippen molar-refractivity contribution >= 4 is 16.7 Å². The molecule has 0 bridgehead atoms. The van der Waals surface area contributed by atoms with E-state index in [2.05, 4.69) is 0 Å². The van der Waals surface area contributed by atoms with E-state index < -0.39 is 16.4 Å². The quantitative estimate of drug-likeness (QED) is 0.406. The average molecular weight is 343 g/mol. The Morgan fingerprint density at radius 2 is 1.88 bits per heavy atom. The van der Waals surface area contributed by atoms with Crippen LogP contribution in [0.4, 0.5) is 10.1 Å². The second kappa shape index (κ2) is 6.35. The monoisotopic (exact) mass is 343 g/mol. The van der Waals surface area contributed by atoms with Crippen LogP contribution >= 0.6 is 0 Å². The summed E-state index contributed by atoms with van der Waals surface area (Å²) in [4.78, 5) is 21.7. The predicted octanol–water partition coefficient (Wildman–Crippen LogP) is 4.04. The minimum absolute atomic E-state index is 0.0701. The molecule has 128 valence electrons. The molecule has 0 unspecified atom stereocenters. The first kappa shape index (κ1) is 16.6. The Bertz CT molecular complexity index is 1040. The van der Waals surface area contributed by atoms with Crippen molar-refractivity contribution in [1.82, 2.24) is 0 Å². The van der Waals surface area contributed by atoms with Crippen molar-refractivity contribution < 1.29 is 18.5 Å². The Labute approximate surface area is 141 Å². The summed E-state index contributed by atoms with van der Waals surface area (Å²) in [6.07, 6.45) is 0. The van der Waals surface area contributed by atoms with E-state index in [0.29, 0.717) is 16.5 Å². The molecule has 0 atom stereocenters. The third-order valence-corrected chi connectivity index (χ3v) is 3.95. The zero-order valence-electron chi connectivity index (χ0n) is 13.5. The van der Waals surface area contributed by atoms with E-state index in [1.807, 2.05) is 19.9 Å². The largest absolute Gasteiger partial charge is 0.486 e. The van der Waals surface area contributed by atoms with Crippen molar-refractivity contribution in [2.75, 3.05) is 0 Å². The lowest BCUT2D eigenvalue weighted by Gasteiger charge is -2.10. The van der Waals surface area contributed by atoms with Gasteiger partial charge in [0.05, 0.1) is 11.0 Å². The van der Waals surface area contributed by atoms with Crippen LogP contribution in [0.1, 0.15) is 16.7 Å². The number of fused-ring (bicyclic) bond motifs is 1. The molecule has 0 aliphatic carbocycles. The normalized spacial score (nSPS) is 10.8. The number of aryl methyl sites for hydroxylation is 2. The Kier molecular flexibility index (Phi) is 4.22. The first-order valence-electron chi connectivity index (χ1n) is 7.46. The van der Waals surface area contributed by atoms with E-state index in [0.717, 1.165) is 23.3 Å². The lowest BCUT2D eigenvalue weighted by Crippen LogP contribution is -2.05. The Hall–Kier alpha value is -3.22. The van der Waals surface area contributed by atoms with Gasteiger partial charge in [-0.05, 0) is 43.2 Å². The molecule has 0 saturated heterocycles. The minimum Gasteiger partial charge on any atom is -0.486 e. The molecule has 0 spiro atoms. The summed E-state index contributed by atoms with van der Waals surface area (Å²) >= 11 is 0. The molecule has 7 heteroatoms. The van der Waals surface area contributed by atoms with Gasteiger partial charge in [-0.2, -0.15) is 0 Å². The maximum atomic E-state index is 13.9. The second-order valence-corrected chi connectivity index (χ2v) is 5.68. The summed E-state index contributed by atoms with van der Waals surface area (Å²) < 4.78 is 24.5. The molecule has 0 N–H and O–H groups in total. The average Bonchev–Trinajstić information content (AvgIpc) is 2.55. The first-order valence-corrected chi connectivity index (χ1v) is 7.46. The molecule has 2 aromatic carbocycles. The van der Waals surface area contributed by atoms with Crippen LogP contribution < -0.4 is 10.4 Å².